The second kappa shape index (κ2) is 28.9. The third-order valence-corrected chi connectivity index (χ3v) is 13.2. The number of rotatable bonds is 32. The normalized spacial score (nSPS) is 12.5. The maximum absolute atomic E-state index is 6.18. The molecule has 0 amide bonds. The third-order valence-electron chi connectivity index (χ3n) is 13.2. The first-order chi connectivity index (χ1) is 28.9. The van der Waals surface area contributed by atoms with E-state index < -0.39 is 0 Å². The van der Waals surface area contributed by atoms with Gasteiger partial charge in [-0.1, -0.05) is 209 Å². The molecule has 0 aliphatic heterocycles. The van der Waals surface area contributed by atoms with E-state index in [0.717, 1.165) is 24.2 Å². The van der Waals surface area contributed by atoms with Gasteiger partial charge in [0, 0.05) is 23.2 Å². The average molecular weight is 799 g/mol. The van der Waals surface area contributed by atoms with Crippen LogP contribution in [0, 0.1) is 13.8 Å². The van der Waals surface area contributed by atoms with E-state index in [9.17, 15) is 0 Å². The fourth-order valence-corrected chi connectivity index (χ4v) is 9.52. The van der Waals surface area contributed by atoms with Crippen LogP contribution >= 0.6 is 0 Å². The smallest absolute Gasteiger partial charge is 0.0316 e. The van der Waals surface area contributed by atoms with Crippen molar-refractivity contribution < 1.29 is 0 Å². The summed E-state index contributed by atoms with van der Waals surface area (Å²) in [7, 11) is 0. The first-order valence-electron chi connectivity index (χ1n) is 24.8. The molecule has 0 fully saturated rings. The van der Waals surface area contributed by atoms with Crippen LogP contribution in [0.2, 0.25) is 0 Å². The minimum atomic E-state index is 0.440. The lowest BCUT2D eigenvalue weighted by molar-refractivity contribution is 0.540. The van der Waals surface area contributed by atoms with Crippen molar-refractivity contribution in [1.82, 2.24) is 0 Å². The molecule has 0 radical (unpaired) electrons. The zero-order valence-corrected chi connectivity index (χ0v) is 38.5. The summed E-state index contributed by atoms with van der Waals surface area (Å²) < 4.78 is 0. The topological polar surface area (TPSA) is 52.0 Å². The van der Waals surface area contributed by atoms with Crippen LogP contribution in [-0.2, 0) is 12.8 Å². The largest absolute Gasteiger partial charge is 0.399 e. The summed E-state index contributed by atoms with van der Waals surface area (Å²) in [4.78, 5) is 0. The molecule has 59 heavy (non-hydrogen) atoms. The Balaban J connectivity index is 1.22. The molecule has 0 aliphatic rings. The van der Waals surface area contributed by atoms with Crippen LogP contribution in [0.3, 0.4) is 0 Å². The zero-order valence-electron chi connectivity index (χ0n) is 38.5. The van der Waals surface area contributed by atoms with Gasteiger partial charge in [0.2, 0.25) is 0 Å². The Labute approximate surface area is 363 Å². The minimum absolute atomic E-state index is 0.440. The zero-order chi connectivity index (χ0) is 41.9. The molecule has 0 saturated heterocycles. The molecule has 0 aliphatic carbocycles. The first kappa shape index (κ1) is 48.1. The standard InChI is InChI=1S/C57H86N2/c1-5-7-9-11-13-15-17-19-21-26-30-56(54-42-40-52(58)44-46(54)3)50-36-32-48(33-37-50)28-24-23-25-29-49-34-38-51(39-35-49)57(55-43-41-53(59)45-47(55)4)31-27-22-20-18-16-14-12-10-8-6-2/h32-45,56-57H,5-31,58-59H2,1-4H3. The van der Waals surface area contributed by atoms with E-state index in [4.69, 9.17) is 11.5 Å². The highest BCUT2D eigenvalue weighted by Gasteiger charge is 2.18. The fourth-order valence-electron chi connectivity index (χ4n) is 9.52. The van der Waals surface area contributed by atoms with Gasteiger partial charge in [-0.15, -0.1) is 0 Å². The Morgan fingerprint density at radius 3 is 0.983 bits per heavy atom. The highest BCUT2D eigenvalue weighted by Crippen LogP contribution is 2.35. The number of aryl methyl sites for hydroxylation is 4. The summed E-state index contributed by atoms with van der Waals surface area (Å²) in [5.74, 6) is 0.881. The van der Waals surface area contributed by atoms with E-state index in [1.54, 1.807) is 0 Å². The predicted octanol–water partition coefficient (Wildman–Crippen LogP) is 17.3. The summed E-state index contributed by atoms with van der Waals surface area (Å²) >= 11 is 0. The maximum atomic E-state index is 6.18. The van der Waals surface area contributed by atoms with Crippen LogP contribution in [0.5, 0.6) is 0 Å². The molecule has 4 aromatic carbocycles. The second-order valence-electron chi connectivity index (χ2n) is 18.3. The van der Waals surface area contributed by atoms with Gasteiger partial charge in [0.25, 0.3) is 0 Å². The molecule has 324 valence electrons. The van der Waals surface area contributed by atoms with Crippen LogP contribution < -0.4 is 11.5 Å². The van der Waals surface area contributed by atoms with Crippen LogP contribution in [0.25, 0.3) is 0 Å². The van der Waals surface area contributed by atoms with Crippen molar-refractivity contribution in [2.75, 3.05) is 11.5 Å². The number of benzene rings is 4. The summed E-state index contributed by atoms with van der Waals surface area (Å²) in [6.07, 6.45) is 36.1. The van der Waals surface area contributed by atoms with Gasteiger partial charge in [-0.3, -0.25) is 0 Å². The molecule has 4 aromatic rings. The van der Waals surface area contributed by atoms with Gasteiger partial charge in [-0.2, -0.15) is 0 Å². The summed E-state index contributed by atoms with van der Waals surface area (Å²) in [6.45, 7) is 9.07. The molecule has 0 bridgehead atoms. The SMILES string of the molecule is CCCCCCCCCCCCC(c1ccc(CCCCCc2ccc(C(CCCCCCCCCCCC)c3ccc(N)cc3C)cc2)cc1)c1ccc(N)cc1C. The quantitative estimate of drug-likeness (QED) is 0.0382. The monoisotopic (exact) mass is 799 g/mol. The minimum Gasteiger partial charge on any atom is -0.399 e. The highest BCUT2D eigenvalue weighted by atomic mass is 14.5. The lowest BCUT2D eigenvalue weighted by Crippen LogP contribution is -2.05. The highest BCUT2D eigenvalue weighted by molar-refractivity contribution is 5.49. The van der Waals surface area contributed by atoms with Gasteiger partial charge in [0.1, 0.15) is 0 Å². The molecule has 2 unspecified atom stereocenters. The third kappa shape index (κ3) is 18.3. The lowest BCUT2D eigenvalue weighted by atomic mass is 9.84. The van der Waals surface area contributed by atoms with E-state index in [0.29, 0.717) is 11.8 Å². The Kier molecular flexibility index (Phi) is 23.6. The molecule has 2 atom stereocenters. The number of anilines is 2. The van der Waals surface area contributed by atoms with Crippen LogP contribution in [-0.4, -0.2) is 0 Å². The molecule has 0 spiro atoms. The molecule has 4 N–H and O–H groups in total. The van der Waals surface area contributed by atoms with E-state index in [1.165, 1.54) is 205 Å². The van der Waals surface area contributed by atoms with Gasteiger partial charge in [-0.25, -0.2) is 0 Å². The van der Waals surface area contributed by atoms with E-state index in [2.05, 4.69) is 113 Å². The number of hydrogen-bond acceptors (Lipinski definition) is 2. The molecular weight excluding hydrogens is 713 g/mol. The van der Waals surface area contributed by atoms with Crippen LogP contribution in [0.15, 0.2) is 84.9 Å². The van der Waals surface area contributed by atoms with Crippen molar-refractivity contribution in [3.05, 3.63) is 129 Å². The van der Waals surface area contributed by atoms with Gasteiger partial charge in [0.05, 0.1) is 0 Å². The molecular formula is C57H86N2. The Hall–Kier alpha value is -3.52. The van der Waals surface area contributed by atoms with Crippen LogP contribution in [0.4, 0.5) is 11.4 Å². The summed E-state index contributed by atoms with van der Waals surface area (Å²) in [5.41, 5.74) is 25.5. The molecule has 0 saturated carbocycles. The summed E-state index contributed by atoms with van der Waals surface area (Å²) in [6, 6.07) is 32.4. The van der Waals surface area contributed by atoms with Crippen molar-refractivity contribution in [2.24, 2.45) is 0 Å². The van der Waals surface area contributed by atoms with E-state index >= 15 is 0 Å². The van der Waals surface area contributed by atoms with E-state index in [-0.39, 0.29) is 0 Å². The van der Waals surface area contributed by atoms with Crippen molar-refractivity contribution in [3.8, 4) is 0 Å². The van der Waals surface area contributed by atoms with Crippen molar-refractivity contribution in [2.45, 2.75) is 213 Å². The first-order valence-corrected chi connectivity index (χ1v) is 24.8. The van der Waals surface area contributed by atoms with Crippen LogP contribution in [0.1, 0.15) is 231 Å². The van der Waals surface area contributed by atoms with Crippen molar-refractivity contribution >= 4 is 11.4 Å². The Morgan fingerprint density at radius 1 is 0.356 bits per heavy atom. The second-order valence-corrected chi connectivity index (χ2v) is 18.3. The number of nitrogens with two attached hydrogens (primary N) is 2. The van der Waals surface area contributed by atoms with Gasteiger partial charge in [0.15, 0.2) is 0 Å². The van der Waals surface area contributed by atoms with Gasteiger partial charge < -0.3 is 11.5 Å². The van der Waals surface area contributed by atoms with Crippen molar-refractivity contribution in [3.63, 3.8) is 0 Å². The van der Waals surface area contributed by atoms with Gasteiger partial charge in [-0.05, 0) is 121 Å². The Bertz CT molecular complexity index is 1540. The molecule has 0 aromatic heterocycles. The number of nitrogen functional groups attached to an aromatic ring is 2. The summed E-state index contributed by atoms with van der Waals surface area (Å²) in [5, 5.41) is 0. The molecule has 2 nitrogen and oxygen atoms in total. The molecule has 2 heteroatoms. The lowest BCUT2D eigenvalue weighted by Gasteiger charge is -2.21. The fraction of sp³-hybridized carbons (Fsp3) is 0.579. The molecule has 0 heterocycles. The number of hydrogen-bond donors (Lipinski definition) is 2. The maximum Gasteiger partial charge on any atom is 0.0316 e. The Morgan fingerprint density at radius 2 is 0.661 bits per heavy atom. The van der Waals surface area contributed by atoms with E-state index in [1.807, 2.05) is 0 Å². The van der Waals surface area contributed by atoms with Crippen molar-refractivity contribution in [1.29, 1.82) is 0 Å². The number of unbranched alkanes of at least 4 members (excludes halogenated alkanes) is 20. The van der Waals surface area contributed by atoms with Gasteiger partial charge >= 0.3 is 0 Å². The average Bonchev–Trinajstić information content (AvgIpc) is 3.23. The molecule has 4 rings (SSSR count). The predicted molar refractivity (Wildman–Crippen MR) is 262 cm³/mol.